The maximum Gasteiger partial charge on any atom is 0.250 e. The van der Waals surface area contributed by atoms with Crippen LogP contribution in [0.3, 0.4) is 0 Å². The number of aromatic nitrogens is 3. The Morgan fingerprint density at radius 2 is 2.19 bits per heavy atom. The molecule has 4 nitrogen and oxygen atoms in total. The summed E-state index contributed by atoms with van der Waals surface area (Å²) in [6.07, 6.45) is 6.49. The van der Waals surface area contributed by atoms with Gasteiger partial charge in [0.05, 0.1) is 18.6 Å². The molecule has 0 aliphatic carbocycles. The normalized spacial score (nSPS) is 10.6. The Hall–Kier alpha value is -1.84. The number of nitrogens with zero attached hydrogens (tertiary/aromatic N) is 3. The molecule has 0 fully saturated rings. The minimum atomic E-state index is 0.0201. The summed E-state index contributed by atoms with van der Waals surface area (Å²) >= 11 is 0. The van der Waals surface area contributed by atoms with Crippen molar-refractivity contribution in [3.63, 3.8) is 0 Å². The van der Waals surface area contributed by atoms with Crippen molar-refractivity contribution in [1.82, 2.24) is 14.1 Å². The molecule has 0 saturated carbocycles. The van der Waals surface area contributed by atoms with Gasteiger partial charge in [-0.05, 0) is 12.5 Å². The zero-order chi connectivity index (χ0) is 11.4. The molecule has 0 bridgehead atoms. The van der Waals surface area contributed by atoms with Crippen molar-refractivity contribution in [1.29, 1.82) is 0 Å². The molecule has 0 N–H and O–H groups in total. The van der Waals surface area contributed by atoms with E-state index in [1.807, 2.05) is 18.6 Å². The lowest BCUT2D eigenvalue weighted by Crippen LogP contribution is -2.19. The van der Waals surface area contributed by atoms with Crippen LogP contribution in [0.25, 0.3) is 0 Å². The molecule has 4 heteroatoms. The smallest absolute Gasteiger partial charge is 0.250 e. The number of pyridine rings is 1. The molecule has 16 heavy (non-hydrogen) atoms. The predicted molar refractivity (Wildman–Crippen MR) is 62.3 cm³/mol. The zero-order valence-corrected chi connectivity index (χ0v) is 9.34. The van der Waals surface area contributed by atoms with Gasteiger partial charge in [-0.1, -0.05) is 13.0 Å². The second-order valence-corrected chi connectivity index (χ2v) is 3.75. The van der Waals surface area contributed by atoms with Gasteiger partial charge >= 0.3 is 0 Å². The predicted octanol–water partition coefficient (Wildman–Crippen LogP) is 1.50. The first-order valence-corrected chi connectivity index (χ1v) is 5.45. The van der Waals surface area contributed by atoms with Crippen LogP contribution in [0.4, 0.5) is 0 Å². The van der Waals surface area contributed by atoms with Gasteiger partial charge in [0.1, 0.15) is 0 Å². The molecule has 0 atom stereocenters. The van der Waals surface area contributed by atoms with Gasteiger partial charge in [-0.3, -0.25) is 4.79 Å². The monoisotopic (exact) mass is 217 g/mol. The SMILES string of the molecule is CCCn1cncc1Cn1ccccc1=O. The Labute approximate surface area is 94.2 Å². The van der Waals surface area contributed by atoms with Gasteiger partial charge in [-0.25, -0.2) is 4.98 Å². The van der Waals surface area contributed by atoms with E-state index >= 15 is 0 Å². The van der Waals surface area contributed by atoms with Crippen LogP contribution in [-0.2, 0) is 13.1 Å². The molecule has 2 aromatic heterocycles. The van der Waals surface area contributed by atoms with E-state index in [1.165, 1.54) is 0 Å². The summed E-state index contributed by atoms with van der Waals surface area (Å²) in [6.45, 7) is 3.65. The van der Waals surface area contributed by atoms with E-state index in [-0.39, 0.29) is 5.56 Å². The second kappa shape index (κ2) is 4.79. The Balaban J connectivity index is 2.24. The van der Waals surface area contributed by atoms with E-state index in [2.05, 4.69) is 16.5 Å². The van der Waals surface area contributed by atoms with Crippen LogP contribution in [0, 0.1) is 0 Å². The van der Waals surface area contributed by atoms with Gasteiger partial charge in [0.2, 0.25) is 0 Å². The zero-order valence-electron chi connectivity index (χ0n) is 9.34. The minimum Gasteiger partial charge on any atom is -0.333 e. The van der Waals surface area contributed by atoms with Crippen LogP contribution in [0.1, 0.15) is 19.0 Å². The molecule has 2 heterocycles. The lowest BCUT2D eigenvalue weighted by atomic mass is 10.4. The van der Waals surface area contributed by atoms with E-state index in [0.29, 0.717) is 6.54 Å². The van der Waals surface area contributed by atoms with Crippen molar-refractivity contribution in [3.05, 3.63) is 53.0 Å². The van der Waals surface area contributed by atoms with Crippen molar-refractivity contribution in [3.8, 4) is 0 Å². The highest BCUT2D eigenvalue weighted by molar-refractivity contribution is 5.02. The van der Waals surface area contributed by atoms with Gasteiger partial charge < -0.3 is 9.13 Å². The van der Waals surface area contributed by atoms with E-state index < -0.39 is 0 Å². The third-order valence-electron chi connectivity index (χ3n) is 2.49. The Morgan fingerprint density at radius 1 is 1.31 bits per heavy atom. The van der Waals surface area contributed by atoms with Gasteiger partial charge in [-0.15, -0.1) is 0 Å². The van der Waals surface area contributed by atoms with Crippen LogP contribution >= 0.6 is 0 Å². The van der Waals surface area contributed by atoms with Crippen LogP contribution < -0.4 is 5.56 Å². The quantitative estimate of drug-likeness (QED) is 0.778. The molecular formula is C12H15N3O. The maximum absolute atomic E-state index is 11.5. The van der Waals surface area contributed by atoms with Crippen molar-refractivity contribution >= 4 is 0 Å². The summed E-state index contributed by atoms with van der Waals surface area (Å²) in [5.74, 6) is 0. The molecule has 0 saturated heterocycles. The standard InChI is InChI=1S/C12H15N3O/c1-2-6-15-10-13-8-11(15)9-14-7-4-3-5-12(14)16/h3-5,7-8,10H,2,6,9H2,1H3. The highest BCUT2D eigenvalue weighted by Crippen LogP contribution is 2.02. The van der Waals surface area contributed by atoms with Crippen molar-refractivity contribution in [2.24, 2.45) is 0 Å². The highest BCUT2D eigenvalue weighted by Gasteiger charge is 2.02. The molecule has 0 radical (unpaired) electrons. The summed E-state index contributed by atoms with van der Waals surface area (Å²) in [7, 11) is 0. The average molecular weight is 217 g/mol. The first-order valence-electron chi connectivity index (χ1n) is 5.45. The molecule has 0 spiro atoms. The summed E-state index contributed by atoms with van der Waals surface area (Å²) in [4.78, 5) is 15.7. The first kappa shape index (κ1) is 10.7. The maximum atomic E-state index is 11.5. The van der Waals surface area contributed by atoms with E-state index in [1.54, 1.807) is 22.9 Å². The van der Waals surface area contributed by atoms with E-state index in [9.17, 15) is 4.79 Å². The highest BCUT2D eigenvalue weighted by atomic mass is 16.1. The fourth-order valence-corrected chi connectivity index (χ4v) is 1.69. The first-order chi connectivity index (χ1) is 7.81. The van der Waals surface area contributed by atoms with Gasteiger partial charge in [0.25, 0.3) is 5.56 Å². The topological polar surface area (TPSA) is 39.8 Å². The van der Waals surface area contributed by atoms with Gasteiger partial charge in [0, 0.05) is 25.0 Å². The summed E-state index contributed by atoms with van der Waals surface area (Å²) < 4.78 is 3.77. The van der Waals surface area contributed by atoms with Crippen molar-refractivity contribution < 1.29 is 0 Å². The van der Waals surface area contributed by atoms with Crippen LogP contribution in [0.15, 0.2) is 41.7 Å². The Bertz CT molecular complexity index is 513. The third kappa shape index (κ3) is 2.21. The van der Waals surface area contributed by atoms with Crippen LogP contribution in [0.2, 0.25) is 0 Å². The number of imidazole rings is 1. The Morgan fingerprint density at radius 3 is 2.94 bits per heavy atom. The van der Waals surface area contributed by atoms with Crippen LogP contribution in [-0.4, -0.2) is 14.1 Å². The number of aryl methyl sites for hydroxylation is 1. The van der Waals surface area contributed by atoms with Gasteiger partial charge in [0.15, 0.2) is 0 Å². The molecule has 0 aromatic carbocycles. The number of hydrogen-bond acceptors (Lipinski definition) is 2. The largest absolute Gasteiger partial charge is 0.333 e. The number of hydrogen-bond donors (Lipinski definition) is 0. The lowest BCUT2D eigenvalue weighted by Gasteiger charge is -2.08. The fraction of sp³-hybridized carbons (Fsp3) is 0.333. The molecule has 2 aromatic rings. The Kier molecular flexibility index (Phi) is 3.19. The van der Waals surface area contributed by atoms with Crippen molar-refractivity contribution in [2.45, 2.75) is 26.4 Å². The molecule has 2 rings (SSSR count). The lowest BCUT2D eigenvalue weighted by molar-refractivity contribution is 0.617. The molecule has 0 amide bonds. The molecular weight excluding hydrogens is 202 g/mol. The second-order valence-electron chi connectivity index (χ2n) is 3.75. The van der Waals surface area contributed by atoms with Crippen LogP contribution in [0.5, 0.6) is 0 Å². The summed E-state index contributed by atoms with van der Waals surface area (Å²) in [5, 5.41) is 0. The molecule has 84 valence electrons. The van der Waals surface area contributed by atoms with E-state index in [0.717, 1.165) is 18.7 Å². The third-order valence-corrected chi connectivity index (χ3v) is 2.49. The van der Waals surface area contributed by atoms with Crippen molar-refractivity contribution in [2.75, 3.05) is 0 Å². The molecule has 0 unspecified atom stereocenters. The average Bonchev–Trinajstić information content (AvgIpc) is 2.70. The van der Waals surface area contributed by atoms with E-state index in [4.69, 9.17) is 0 Å². The molecule has 0 aliphatic heterocycles. The minimum absolute atomic E-state index is 0.0201. The fourth-order valence-electron chi connectivity index (χ4n) is 1.69. The summed E-state index contributed by atoms with van der Waals surface area (Å²) in [5.41, 5.74) is 1.09. The molecule has 0 aliphatic rings. The van der Waals surface area contributed by atoms with Gasteiger partial charge in [-0.2, -0.15) is 0 Å². The number of rotatable bonds is 4. The summed E-state index contributed by atoms with van der Waals surface area (Å²) in [6, 6.07) is 5.19.